The molecule has 18 rings (SSSR count). The first-order valence-corrected chi connectivity index (χ1v) is 33.0. The van der Waals surface area contributed by atoms with Gasteiger partial charge in [0.1, 0.15) is 0 Å². The molecule has 0 N–H and O–H groups in total. The third-order valence-electron chi connectivity index (χ3n) is 22.0. The molecule has 0 bridgehead atoms. The van der Waals surface area contributed by atoms with E-state index in [1.165, 1.54) is 110 Å². The van der Waals surface area contributed by atoms with E-state index in [0.29, 0.717) is 11.8 Å². The molecule has 1 spiro atoms. The Morgan fingerprint density at radius 2 is 0.967 bits per heavy atom. The van der Waals surface area contributed by atoms with Crippen molar-refractivity contribution in [3.05, 3.63) is 262 Å². The van der Waals surface area contributed by atoms with E-state index in [1.54, 1.807) is 27.7 Å². The highest BCUT2D eigenvalue weighted by Crippen LogP contribution is 2.75. The van der Waals surface area contributed by atoms with Gasteiger partial charge in [-0.1, -0.05) is 221 Å². The summed E-state index contributed by atoms with van der Waals surface area (Å²) in [5, 5.41) is 7.72. The molecule has 4 nitrogen and oxygen atoms in total. The molecule has 5 heteroatoms. The monoisotopic (exact) mass is 1160 g/mol. The molecule has 3 aromatic heterocycles. The molecule has 5 aliphatic rings. The standard InChI is InChI=1S/C85H77BN4/c1-81(2,3)50-31-39-68-63(41-50)65-43-52(83(7,8)9)45-70-76(65)85(68)49-69(85)67-47-58(48-75-77(67)86(70)71-46-53(84(10,11)12)44-66-64-42-51(82(4,5)6)32-40-74(64)90(75)78(66)71)89-73-30-22-20-28-60(73)62-38-37-61-59-27-19-21-29-72(59)88(79(61)80(62)89)57-35-33-56(34-36-57)87(54-23-15-13-16-24-54)55-25-17-14-18-26-55/h13-42,44-48,65,69H,43,49H2,1-12H3. The van der Waals surface area contributed by atoms with Gasteiger partial charge in [-0.05, 0) is 176 Å². The number of rotatable bonds is 5. The fourth-order valence-corrected chi connectivity index (χ4v) is 17.5. The van der Waals surface area contributed by atoms with E-state index < -0.39 is 0 Å². The number of fused-ring (bicyclic) bond motifs is 16. The first kappa shape index (κ1) is 53.9. The predicted molar refractivity (Wildman–Crippen MR) is 383 cm³/mol. The maximum absolute atomic E-state index is 2.78. The average molecular weight is 1170 g/mol. The van der Waals surface area contributed by atoms with Gasteiger partial charge >= 0.3 is 0 Å². The first-order valence-electron chi connectivity index (χ1n) is 33.0. The highest BCUT2D eigenvalue weighted by atomic mass is 15.1. The van der Waals surface area contributed by atoms with Gasteiger partial charge in [-0.15, -0.1) is 0 Å². The normalized spacial score (nSPS) is 18.4. The summed E-state index contributed by atoms with van der Waals surface area (Å²) in [6.45, 7) is 29.0. The molecular formula is C85H77BN4. The van der Waals surface area contributed by atoms with Gasteiger partial charge in [0.05, 0.1) is 27.6 Å². The molecule has 440 valence electrons. The van der Waals surface area contributed by atoms with Crippen LogP contribution in [0.4, 0.5) is 17.1 Å². The largest absolute Gasteiger partial charge is 0.311 e. The van der Waals surface area contributed by atoms with Crippen LogP contribution in [0.15, 0.2) is 229 Å². The van der Waals surface area contributed by atoms with E-state index in [0.717, 1.165) is 35.6 Å². The molecule has 0 radical (unpaired) electrons. The van der Waals surface area contributed by atoms with E-state index in [9.17, 15) is 0 Å². The summed E-state index contributed by atoms with van der Waals surface area (Å²) in [6, 6.07) is 79.8. The summed E-state index contributed by atoms with van der Waals surface area (Å²) in [5.74, 6) is 0.625. The first-order chi connectivity index (χ1) is 43.2. The second-order valence-electron chi connectivity index (χ2n) is 31.3. The van der Waals surface area contributed by atoms with Crippen molar-refractivity contribution >= 4 is 100 Å². The smallest absolute Gasteiger partial charge is 0.247 e. The van der Waals surface area contributed by atoms with Crippen LogP contribution in [0.25, 0.3) is 82.5 Å². The van der Waals surface area contributed by atoms with Gasteiger partial charge in [0.2, 0.25) is 6.71 Å². The fourth-order valence-electron chi connectivity index (χ4n) is 17.5. The number of allylic oxidation sites excluding steroid dienone is 4. The highest BCUT2D eigenvalue weighted by molar-refractivity contribution is 6.94. The van der Waals surface area contributed by atoms with Gasteiger partial charge in [-0.3, -0.25) is 0 Å². The molecular weight excluding hydrogens is 1090 g/mol. The van der Waals surface area contributed by atoms with Crippen molar-refractivity contribution in [2.24, 2.45) is 5.41 Å². The van der Waals surface area contributed by atoms with Crippen LogP contribution in [0.5, 0.6) is 0 Å². The summed E-state index contributed by atoms with van der Waals surface area (Å²) in [5.41, 5.74) is 31.1. The van der Waals surface area contributed by atoms with E-state index >= 15 is 0 Å². The molecule has 13 aromatic rings. The van der Waals surface area contributed by atoms with Crippen LogP contribution in [-0.2, 0) is 21.7 Å². The number of hydrogen-bond donors (Lipinski definition) is 0. The second-order valence-corrected chi connectivity index (χ2v) is 31.3. The third-order valence-corrected chi connectivity index (χ3v) is 22.0. The minimum atomic E-state index is -0.0994. The Hall–Kier alpha value is -9.06. The van der Waals surface area contributed by atoms with Crippen LogP contribution in [0, 0.1) is 5.41 Å². The molecule has 2 aliphatic heterocycles. The Morgan fingerprint density at radius 3 is 1.58 bits per heavy atom. The number of nitrogens with zero attached hydrogens (tertiary/aromatic N) is 4. The molecule has 1 saturated carbocycles. The molecule has 3 atom stereocenters. The molecule has 10 aromatic carbocycles. The number of para-hydroxylation sites is 4. The average Bonchev–Trinajstić information content (AvgIpc) is 1.48. The molecule has 3 aliphatic carbocycles. The fraction of sp³-hybridized carbons (Fsp3) is 0.247. The highest BCUT2D eigenvalue weighted by Gasteiger charge is 2.68. The zero-order valence-corrected chi connectivity index (χ0v) is 54.1. The number of anilines is 3. The number of hydrogen-bond acceptors (Lipinski definition) is 1. The molecule has 3 unspecified atom stereocenters. The molecule has 1 fully saturated rings. The van der Waals surface area contributed by atoms with Crippen molar-refractivity contribution in [2.75, 3.05) is 4.90 Å². The summed E-state index contributed by atoms with van der Waals surface area (Å²) >= 11 is 0. The maximum atomic E-state index is 2.78. The summed E-state index contributed by atoms with van der Waals surface area (Å²) in [4.78, 5) is 2.36. The van der Waals surface area contributed by atoms with E-state index in [4.69, 9.17) is 0 Å². The third kappa shape index (κ3) is 7.38. The van der Waals surface area contributed by atoms with Crippen LogP contribution in [0.3, 0.4) is 0 Å². The summed E-state index contributed by atoms with van der Waals surface area (Å²) in [6.07, 6.45) is 4.96. The van der Waals surface area contributed by atoms with Gasteiger partial charge in [0, 0.05) is 83.3 Å². The van der Waals surface area contributed by atoms with Crippen LogP contribution in [0.1, 0.15) is 141 Å². The van der Waals surface area contributed by atoms with E-state index in [-0.39, 0.29) is 33.8 Å². The lowest BCUT2D eigenvalue weighted by Gasteiger charge is -2.37. The van der Waals surface area contributed by atoms with E-state index in [2.05, 4.69) is 314 Å². The van der Waals surface area contributed by atoms with Crippen LogP contribution in [-0.4, -0.2) is 20.4 Å². The van der Waals surface area contributed by atoms with Crippen LogP contribution in [0.2, 0.25) is 0 Å². The minimum Gasteiger partial charge on any atom is -0.311 e. The summed E-state index contributed by atoms with van der Waals surface area (Å²) < 4.78 is 8.02. The van der Waals surface area contributed by atoms with Crippen molar-refractivity contribution in [3.63, 3.8) is 0 Å². The molecule has 90 heavy (non-hydrogen) atoms. The Labute approximate surface area is 529 Å². The van der Waals surface area contributed by atoms with Gasteiger partial charge in [0.15, 0.2) is 0 Å². The van der Waals surface area contributed by atoms with E-state index in [1.807, 2.05) is 0 Å². The minimum absolute atomic E-state index is 0.00654. The zero-order valence-electron chi connectivity index (χ0n) is 54.1. The Bertz CT molecular complexity index is 5300. The maximum Gasteiger partial charge on any atom is 0.247 e. The lowest BCUT2D eigenvalue weighted by Crippen LogP contribution is -2.51. The number of benzene rings is 10. The van der Waals surface area contributed by atoms with Crippen molar-refractivity contribution in [3.8, 4) is 17.1 Å². The topological polar surface area (TPSA) is 18.0 Å². The van der Waals surface area contributed by atoms with Crippen LogP contribution >= 0.6 is 0 Å². The Balaban J connectivity index is 0.964. The lowest BCUT2D eigenvalue weighted by atomic mass is 9.32. The Morgan fingerprint density at radius 1 is 0.422 bits per heavy atom. The van der Waals surface area contributed by atoms with Gasteiger partial charge in [-0.25, -0.2) is 0 Å². The van der Waals surface area contributed by atoms with Gasteiger partial charge < -0.3 is 18.6 Å². The molecule has 0 amide bonds. The Kier molecular flexibility index (Phi) is 10.8. The second kappa shape index (κ2) is 18.1. The SMILES string of the molecule is CC(C)(C)C1=CC2=C3C(C1)c1cc(C(C)(C)C)ccc1C31CC1c1cc(-n3c4ccccc4c4ccc5c6ccccc6n(-c6ccc(N(c7ccccc7)c7ccccc7)cc6)c5c43)cc3c1B2c1cc(C(C)(C)C)cc2c4cc(C(C)(C)C)ccc4n-3c12. The predicted octanol–water partition coefficient (Wildman–Crippen LogP) is 21.0. The van der Waals surface area contributed by atoms with Crippen molar-refractivity contribution in [1.82, 2.24) is 13.7 Å². The van der Waals surface area contributed by atoms with Crippen molar-refractivity contribution in [2.45, 2.75) is 129 Å². The lowest BCUT2D eigenvalue weighted by molar-refractivity contribution is 0.468. The summed E-state index contributed by atoms with van der Waals surface area (Å²) in [7, 11) is 0. The quantitative estimate of drug-likeness (QED) is 0.157. The molecule has 5 heterocycles. The number of aromatic nitrogens is 3. The van der Waals surface area contributed by atoms with Gasteiger partial charge in [0.25, 0.3) is 0 Å². The van der Waals surface area contributed by atoms with Crippen molar-refractivity contribution in [1.29, 1.82) is 0 Å². The van der Waals surface area contributed by atoms with Crippen molar-refractivity contribution < 1.29 is 0 Å². The molecule has 0 saturated heterocycles. The zero-order chi connectivity index (χ0) is 61.4. The van der Waals surface area contributed by atoms with Gasteiger partial charge in [-0.2, -0.15) is 0 Å². The van der Waals surface area contributed by atoms with Crippen LogP contribution < -0.4 is 15.8 Å².